The summed E-state index contributed by atoms with van der Waals surface area (Å²) in [5, 5.41) is 0. The predicted molar refractivity (Wildman–Crippen MR) is 71.4 cm³/mol. The number of hydrogen-bond acceptors (Lipinski definition) is 2. The minimum atomic E-state index is -4.76. The van der Waals surface area contributed by atoms with Crippen molar-refractivity contribution in [2.45, 2.75) is 37.6 Å². The number of hydrogen-bond donors (Lipinski definition) is 0. The van der Waals surface area contributed by atoms with E-state index in [-0.39, 0.29) is 25.2 Å². The van der Waals surface area contributed by atoms with E-state index >= 15 is 0 Å². The summed E-state index contributed by atoms with van der Waals surface area (Å²) >= 11 is 0. The molecule has 0 unspecified atom stereocenters. The Labute approximate surface area is 121 Å². The summed E-state index contributed by atoms with van der Waals surface area (Å²) in [6.07, 6.45) is -3.04. The largest absolute Gasteiger partial charge is 0.471 e. The fourth-order valence-electron chi connectivity index (χ4n) is 3.39. The van der Waals surface area contributed by atoms with E-state index in [1.807, 2.05) is 30.3 Å². The highest BCUT2D eigenvalue weighted by atomic mass is 19.4. The van der Waals surface area contributed by atoms with E-state index in [1.54, 1.807) is 0 Å². The zero-order chi connectivity index (χ0) is 15.0. The number of fused-ring (bicyclic) bond motifs is 2. The second kappa shape index (κ2) is 5.33. The van der Waals surface area contributed by atoms with Gasteiger partial charge in [-0.25, -0.2) is 0 Å². The van der Waals surface area contributed by atoms with Crippen LogP contribution in [0.15, 0.2) is 30.3 Å². The lowest BCUT2D eigenvalue weighted by molar-refractivity contribution is -0.188. The number of alkyl halides is 3. The smallest absolute Gasteiger partial charge is 0.332 e. The number of benzene rings is 1. The van der Waals surface area contributed by atoms with Crippen molar-refractivity contribution in [2.75, 3.05) is 13.1 Å². The maximum absolute atomic E-state index is 12.5. The molecule has 3 nitrogen and oxygen atoms in total. The van der Waals surface area contributed by atoms with E-state index < -0.39 is 12.1 Å². The van der Waals surface area contributed by atoms with Gasteiger partial charge in [0, 0.05) is 31.7 Å². The fourth-order valence-corrected chi connectivity index (χ4v) is 3.39. The van der Waals surface area contributed by atoms with Crippen LogP contribution in [0.2, 0.25) is 0 Å². The maximum Gasteiger partial charge on any atom is 0.471 e. The minimum absolute atomic E-state index is 0.0373. The van der Waals surface area contributed by atoms with E-state index in [2.05, 4.69) is 4.90 Å². The molecule has 1 aromatic carbocycles. The lowest BCUT2D eigenvalue weighted by Crippen LogP contribution is -2.57. The van der Waals surface area contributed by atoms with Gasteiger partial charge in [0.15, 0.2) is 0 Å². The third-order valence-corrected chi connectivity index (χ3v) is 4.37. The van der Waals surface area contributed by atoms with Crippen LogP contribution in [-0.4, -0.2) is 47.1 Å². The lowest BCUT2D eigenvalue weighted by atomic mass is 10.1. The van der Waals surface area contributed by atoms with Crippen molar-refractivity contribution in [2.24, 2.45) is 0 Å². The summed E-state index contributed by atoms with van der Waals surface area (Å²) in [7, 11) is 0. The van der Waals surface area contributed by atoms with Gasteiger partial charge in [0.05, 0.1) is 0 Å². The van der Waals surface area contributed by atoms with Crippen molar-refractivity contribution in [1.82, 2.24) is 9.80 Å². The van der Waals surface area contributed by atoms with Crippen LogP contribution >= 0.6 is 0 Å². The first-order chi connectivity index (χ1) is 9.95. The van der Waals surface area contributed by atoms with Crippen molar-refractivity contribution < 1.29 is 18.0 Å². The number of carbonyl (C=O) groups excluding carboxylic acids is 1. The van der Waals surface area contributed by atoms with Crippen LogP contribution < -0.4 is 0 Å². The standard InChI is InChI=1S/C15H17F3N2O/c16-15(17,18)14(21)19-9-12-6-7-13(10-19)20(12)8-11-4-2-1-3-5-11/h1-5,12-13H,6-10H2/t12-,13-/m1/s1. The average Bonchev–Trinajstić information content (AvgIpc) is 2.69. The molecule has 1 amide bonds. The van der Waals surface area contributed by atoms with Crippen LogP contribution in [0, 0.1) is 0 Å². The molecule has 2 atom stereocenters. The molecule has 0 N–H and O–H groups in total. The Balaban J connectivity index is 1.69. The maximum atomic E-state index is 12.5. The Kier molecular flexibility index (Phi) is 3.65. The third-order valence-electron chi connectivity index (χ3n) is 4.37. The molecule has 0 saturated carbocycles. The quantitative estimate of drug-likeness (QED) is 0.837. The Hall–Kier alpha value is -1.56. The molecule has 0 radical (unpaired) electrons. The van der Waals surface area contributed by atoms with Gasteiger partial charge in [-0.1, -0.05) is 30.3 Å². The molecule has 1 aromatic rings. The van der Waals surface area contributed by atoms with Gasteiger partial charge in [-0.15, -0.1) is 0 Å². The molecule has 3 rings (SSSR count). The van der Waals surface area contributed by atoms with Crippen molar-refractivity contribution in [1.29, 1.82) is 0 Å². The van der Waals surface area contributed by atoms with Gasteiger partial charge in [0.1, 0.15) is 0 Å². The third kappa shape index (κ3) is 2.90. The Bertz CT molecular complexity index is 503. The van der Waals surface area contributed by atoms with Crippen LogP contribution in [0.3, 0.4) is 0 Å². The molecule has 6 heteroatoms. The molecule has 114 valence electrons. The van der Waals surface area contributed by atoms with Gasteiger partial charge in [0.25, 0.3) is 0 Å². The first kappa shape index (κ1) is 14.4. The summed E-state index contributed by atoms with van der Waals surface area (Å²) in [4.78, 5) is 14.6. The first-order valence-corrected chi connectivity index (χ1v) is 7.11. The monoisotopic (exact) mass is 298 g/mol. The van der Waals surface area contributed by atoms with Crippen LogP contribution in [0.25, 0.3) is 0 Å². The molecular formula is C15H17F3N2O. The summed E-state index contributed by atoms with van der Waals surface area (Å²) in [6, 6.07) is 9.98. The van der Waals surface area contributed by atoms with E-state index in [1.165, 1.54) is 0 Å². The summed E-state index contributed by atoms with van der Waals surface area (Å²) < 4.78 is 37.6. The van der Waals surface area contributed by atoms with Crippen LogP contribution in [0.1, 0.15) is 18.4 Å². The predicted octanol–water partition coefficient (Wildman–Crippen LogP) is 2.42. The van der Waals surface area contributed by atoms with Crippen molar-refractivity contribution in [3.8, 4) is 0 Å². The fraction of sp³-hybridized carbons (Fsp3) is 0.533. The van der Waals surface area contributed by atoms with Crippen LogP contribution in [0.5, 0.6) is 0 Å². The SMILES string of the molecule is O=C(N1C[C@H]2CC[C@H](C1)N2Cc1ccccc1)C(F)(F)F. The van der Waals surface area contributed by atoms with E-state index in [0.29, 0.717) is 0 Å². The van der Waals surface area contributed by atoms with Crippen molar-refractivity contribution >= 4 is 5.91 Å². The molecular weight excluding hydrogens is 281 g/mol. The highest BCUT2D eigenvalue weighted by molar-refractivity contribution is 5.82. The van der Waals surface area contributed by atoms with E-state index in [0.717, 1.165) is 29.8 Å². The topological polar surface area (TPSA) is 23.6 Å². The van der Waals surface area contributed by atoms with Crippen molar-refractivity contribution in [3.05, 3.63) is 35.9 Å². The van der Waals surface area contributed by atoms with Gasteiger partial charge >= 0.3 is 12.1 Å². The van der Waals surface area contributed by atoms with Crippen LogP contribution in [0.4, 0.5) is 13.2 Å². The average molecular weight is 298 g/mol. The zero-order valence-corrected chi connectivity index (χ0v) is 11.5. The number of halogens is 3. The molecule has 0 aromatic heterocycles. The molecule has 2 aliphatic rings. The lowest BCUT2D eigenvalue weighted by Gasteiger charge is -2.41. The highest BCUT2D eigenvalue weighted by Gasteiger charge is 2.48. The van der Waals surface area contributed by atoms with E-state index in [9.17, 15) is 18.0 Å². The van der Waals surface area contributed by atoms with Gasteiger partial charge in [0.2, 0.25) is 0 Å². The molecule has 2 saturated heterocycles. The Morgan fingerprint density at radius 1 is 1.10 bits per heavy atom. The Morgan fingerprint density at radius 3 is 2.19 bits per heavy atom. The molecule has 2 fully saturated rings. The number of rotatable bonds is 2. The second-order valence-corrected chi connectivity index (χ2v) is 5.75. The van der Waals surface area contributed by atoms with Gasteiger partial charge in [-0.2, -0.15) is 13.2 Å². The van der Waals surface area contributed by atoms with Gasteiger partial charge in [-0.3, -0.25) is 9.69 Å². The number of likely N-dealkylation sites (tertiary alicyclic amines) is 1. The summed E-state index contributed by atoms with van der Waals surface area (Å²) in [5.41, 5.74) is 1.16. The molecule has 2 bridgehead atoms. The van der Waals surface area contributed by atoms with Crippen molar-refractivity contribution in [3.63, 3.8) is 0 Å². The van der Waals surface area contributed by atoms with E-state index in [4.69, 9.17) is 0 Å². The van der Waals surface area contributed by atoms with Gasteiger partial charge in [-0.05, 0) is 18.4 Å². The summed E-state index contributed by atoms with van der Waals surface area (Å²) in [5.74, 6) is -1.70. The normalized spacial score (nSPS) is 26.1. The molecule has 2 heterocycles. The number of carbonyl (C=O) groups is 1. The van der Waals surface area contributed by atoms with Gasteiger partial charge < -0.3 is 4.90 Å². The number of piperazine rings is 1. The molecule has 21 heavy (non-hydrogen) atoms. The molecule has 0 aliphatic carbocycles. The highest BCUT2D eigenvalue weighted by Crippen LogP contribution is 2.33. The Morgan fingerprint density at radius 2 is 1.67 bits per heavy atom. The minimum Gasteiger partial charge on any atom is -0.332 e. The second-order valence-electron chi connectivity index (χ2n) is 5.75. The molecule has 0 spiro atoms. The van der Waals surface area contributed by atoms with Crippen LogP contribution in [-0.2, 0) is 11.3 Å². The first-order valence-electron chi connectivity index (χ1n) is 7.11. The zero-order valence-electron chi connectivity index (χ0n) is 11.5. The number of nitrogens with zero attached hydrogens (tertiary/aromatic N) is 2. The molecule has 2 aliphatic heterocycles. The number of amides is 1. The summed E-state index contributed by atoms with van der Waals surface area (Å²) in [6.45, 7) is 1.10.